The molecule has 0 bridgehead atoms. The van der Waals surface area contributed by atoms with Crippen molar-refractivity contribution in [2.45, 2.75) is 39.1 Å². The van der Waals surface area contributed by atoms with E-state index in [2.05, 4.69) is 14.9 Å². The van der Waals surface area contributed by atoms with Gasteiger partial charge in [-0.25, -0.2) is 4.98 Å². The molecule has 0 amide bonds. The van der Waals surface area contributed by atoms with Crippen LogP contribution in [0.3, 0.4) is 0 Å². The fourth-order valence-electron chi connectivity index (χ4n) is 2.20. The number of Topliss-reactive ketones (excluding diaryl/α,β-unsaturated/α-hetero) is 1. The van der Waals surface area contributed by atoms with E-state index in [-0.39, 0.29) is 5.78 Å². The molecule has 0 aliphatic heterocycles. The Morgan fingerprint density at radius 3 is 2.84 bits per heavy atom. The molecule has 3 nitrogen and oxygen atoms in total. The van der Waals surface area contributed by atoms with E-state index in [4.69, 9.17) is 11.6 Å². The molecule has 0 aromatic carbocycles. The van der Waals surface area contributed by atoms with Gasteiger partial charge in [-0.2, -0.15) is 0 Å². The van der Waals surface area contributed by atoms with Crippen molar-refractivity contribution >= 4 is 28.7 Å². The second kappa shape index (κ2) is 5.88. The molecule has 0 radical (unpaired) electrons. The van der Waals surface area contributed by atoms with Gasteiger partial charge in [0.25, 0.3) is 0 Å². The summed E-state index contributed by atoms with van der Waals surface area (Å²) in [4.78, 5) is 16.3. The summed E-state index contributed by atoms with van der Waals surface area (Å²) < 4.78 is 2.16. The number of aryl methyl sites for hydroxylation is 2. The van der Waals surface area contributed by atoms with Gasteiger partial charge in [-0.15, -0.1) is 22.9 Å². The first-order valence-electron chi connectivity index (χ1n) is 6.22. The van der Waals surface area contributed by atoms with Crippen LogP contribution >= 0.6 is 22.9 Å². The van der Waals surface area contributed by atoms with Crippen molar-refractivity contribution in [1.82, 2.24) is 9.55 Å². The molecule has 0 aliphatic carbocycles. The fraction of sp³-hybridized carbons (Fsp3) is 0.429. The molecule has 1 unspecified atom stereocenters. The summed E-state index contributed by atoms with van der Waals surface area (Å²) in [5.74, 6) is -0.00493. The number of halogens is 1. The number of hydrogen-bond donors (Lipinski definition) is 0. The van der Waals surface area contributed by atoms with Gasteiger partial charge >= 0.3 is 0 Å². The normalized spacial score (nSPS) is 12.6. The number of carbonyl (C=O) groups excluding carboxylic acids is 1. The van der Waals surface area contributed by atoms with Crippen molar-refractivity contribution in [3.8, 4) is 0 Å². The number of carbonyl (C=O) groups is 1. The van der Waals surface area contributed by atoms with E-state index < -0.39 is 5.38 Å². The van der Waals surface area contributed by atoms with Crippen LogP contribution in [-0.4, -0.2) is 20.7 Å². The Balaban J connectivity index is 2.19. The quantitative estimate of drug-likeness (QED) is 0.624. The lowest BCUT2D eigenvalue weighted by Gasteiger charge is -2.09. The van der Waals surface area contributed by atoms with Crippen molar-refractivity contribution in [3.05, 3.63) is 39.6 Å². The molecular weight excluding hydrogens is 280 g/mol. The van der Waals surface area contributed by atoms with Gasteiger partial charge < -0.3 is 4.57 Å². The number of alkyl halides is 1. The molecule has 2 rings (SSSR count). The minimum atomic E-state index is -0.479. The summed E-state index contributed by atoms with van der Waals surface area (Å²) in [5, 5.41) is 1.58. The van der Waals surface area contributed by atoms with Crippen LogP contribution in [0.15, 0.2) is 17.0 Å². The summed E-state index contributed by atoms with van der Waals surface area (Å²) in [7, 11) is 0. The molecule has 19 heavy (non-hydrogen) atoms. The maximum atomic E-state index is 12.0. The van der Waals surface area contributed by atoms with Gasteiger partial charge in [0.1, 0.15) is 0 Å². The summed E-state index contributed by atoms with van der Waals surface area (Å²) in [6.45, 7) is 6.54. The van der Waals surface area contributed by atoms with Crippen LogP contribution in [0.25, 0.3) is 0 Å². The Labute approximate surface area is 122 Å². The van der Waals surface area contributed by atoms with Crippen LogP contribution in [-0.2, 0) is 13.0 Å². The van der Waals surface area contributed by atoms with Crippen LogP contribution in [0.4, 0.5) is 0 Å². The Kier molecular flexibility index (Phi) is 4.42. The van der Waals surface area contributed by atoms with Gasteiger partial charge in [-0.1, -0.05) is 0 Å². The van der Waals surface area contributed by atoms with Crippen LogP contribution in [0, 0.1) is 13.8 Å². The molecule has 0 saturated heterocycles. The lowest BCUT2D eigenvalue weighted by molar-refractivity contribution is 0.0991. The van der Waals surface area contributed by atoms with E-state index in [0.717, 1.165) is 35.6 Å². The lowest BCUT2D eigenvalue weighted by Crippen LogP contribution is -2.12. The second-order valence-corrected chi connectivity index (χ2v) is 6.02. The Hall–Kier alpha value is -1.13. The van der Waals surface area contributed by atoms with E-state index >= 15 is 0 Å². The maximum Gasteiger partial charge on any atom is 0.182 e. The number of ketones is 1. The predicted octanol–water partition coefficient (Wildman–Crippen LogP) is 3.61. The van der Waals surface area contributed by atoms with Crippen molar-refractivity contribution < 1.29 is 4.79 Å². The Bertz CT molecular complexity index is 573. The van der Waals surface area contributed by atoms with Crippen LogP contribution in [0.5, 0.6) is 0 Å². The number of hydrogen-bond acceptors (Lipinski definition) is 3. The highest BCUT2D eigenvalue weighted by Crippen LogP contribution is 2.19. The third-order valence-electron chi connectivity index (χ3n) is 3.28. The molecular formula is C14H17ClN2OS. The van der Waals surface area contributed by atoms with Gasteiger partial charge in [-0.3, -0.25) is 4.79 Å². The van der Waals surface area contributed by atoms with E-state index in [1.54, 1.807) is 18.3 Å². The average Bonchev–Trinajstić information content (AvgIpc) is 2.96. The SMILES string of the molecule is Cc1cc(C(=O)C(C)Cl)c(C)n1CCc1cscn1. The molecule has 5 heteroatoms. The van der Waals surface area contributed by atoms with E-state index in [1.807, 2.05) is 25.4 Å². The lowest BCUT2D eigenvalue weighted by atomic mass is 10.1. The zero-order valence-corrected chi connectivity index (χ0v) is 12.9. The Morgan fingerprint density at radius 1 is 1.53 bits per heavy atom. The standard InChI is InChI=1S/C14H17ClN2OS/c1-9-6-13(14(18)10(2)15)11(3)17(9)5-4-12-7-19-8-16-12/h6-8,10H,4-5H2,1-3H3. The minimum absolute atomic E-state index is 0.00493. The summed E-state index contributed by atoms with van der Waals surface area (Å²) in [6.07, 6.45) is 0.879. The third-order valence-corrected chi connectivity index (χ3v) is 4.11. The summed E-state index contributed by atoms with van der Waals surface area (Å²) in [5.41, 5.74) is 5.75. The highest BCUT2D eigenvalue weighted by Gasteiger charge is 2.19. The molecule has 0 saturated carbocycles. The molecule has 102 valence electrons. The minimum Gasteiger partial charge on any atom is -0.348 e. The van der Waals surface area contributed by atoms with Crippen molar-refractivity contribution in [3.63, 3.8) is 0 Å². The fourth-order valence-corrected chi connectivity index (χ4v) is 2.91. The first-order valence-corrected chi connectivity index (χ1v) is 7.60. The van der Waals surface area contributed by atoms with Gasteiger partial charge in [0.15, 0.2) is 5.78 Å². The first-order chi connectivity index (χ1) is 9.00. The Morgan fingerprint density at radius 2 is 2.26 bits per heavy atom. The predicted molar refractivity (Wildman–Crippen MR) is 79.4 cm³/mol. The highest BCUT2D eigenvalue weighted by atomic mass is 35.5. The van der Waals surface area contributed by atoms with E-state index in [1.165, 1.54) is 0 Å². The van der Waals surface area contributed by atoms with Crippen LogP contribution in [0.1, 0.15) is 34.4 Å². The maximum absolute atomic E-state index is 12.0. The molecule has 2 aromatic heterocycles. The van der Waals surface area contributed by atoms with Crippen LogP contribution in [0.2, 0.25) is 0 Å². The average molecular weight is 297 g/mol. The molecule has 0 aliphatic rings. The number of nitrogens with zero attached hydrogens (tertiary/aromatic N) is 2. The summed E-state index contributed by atoms with van der Waals surface area (Å²) >= 11 is 7.49. The monoisotopic (exact) mass is 296 g/mol. The molecule has 2 aromatic rings. The third kappa shape index (κ3) is 3.07. The van der Waals surface area contributed by atoms with E-state index in [9.17, 15) is 4.79 Å². The van der Waals surface area contributed by atoms with Gasteiger partial charge in [0, 0.05) is 35.3 Å². The molecule has 0 N–H and O–H groups in total. The topological polar surface area (TPSA) is 34.9 Å². The largest absolute Gasteiger partial charge is 0.348 e. The van der Waals surface area contributed by atoms with Crippen molar-refractivity contribution in [2.75, 3.05) is 0 Å². The van der Waals surface area contributed by atoms with Gasteiger partial charge in [-0.05, 0) is 26.8 Å². The number of rotatable bonds is 5. The zero-order chi connectivity index (χ0) is 14.0. The van der Waals surface area contributed by atoms with Gasteiger partial charge in [0.2, 0.25) is 0 Å². The first kappa shape index (κ1) is 14.3. The number of thiazole rings is 1. The van der Waals surface area contributed by atoms with E-state index in [0.29, 0.717) is 0 Å². The summed E-state index contributed by atoms with van der Waals surface area (Å²) in [6, 6.07) is 1.93. The second-order valence-electron chi connectivity index (χ2n) is 4.65. The van der Waals surface area contributed by atoms with Crippen LogP contribution < -0.4 is 0 Å². The van der Waals surface area contributed by atoms with Gasteiger partial charge in [0.05, 0.1) is 16.6 Å². The number of aromatic nitrogens is 2. The van der Waals surface area contributed by atoms with Crippen molar-refractivity contribution in [2.24, 2.45) is 0 Å². The molecule has 0 spiro atoms. The zero-order valence-electron chi connectivity index (χ0n) is 11.3. The van der Waals surface area contributed by atoms with Crippen molar-refractivity contribution in [1.29, 1.82) is 0 Å². The smallest absolute Gasteiger partial charge is 0.182 e. The molecule has 0 fully saturated rings. The molecule has 2 heterocycles. The highest BCUT2D eigenvalue weighted by molar-refractivity contribution is 7.07. The molecule has 1 atom stereocenters.